The molecule has 0 aliphatic rings. The number of amidine groups is 1. The molecule has 0 fully saturated rings. The fourth-order valence-electron chi connectivity index (χ4n) is 2.60. The highest BCUT2D eigenvalue weighted by Gasteiger charge is 2.21. The summed E-state index contributed by atoms with van der Waals surface area (Å²) in [5, 5.41) is 20.1. The van der Waals surface area contributed by atoms with Gasteiger partial charge in [0.05, 0.1) is 7.11 Å². The summed E-state index contributed by atoms with van der Waals surface area (Å²) in [7, 11) is 1.57. The summed E-state index contributed by atoms with van der Waals surface area (Å²) < 4.78 is 5.31. The average Bonchev–Trinajstić information content (AvgIpc) is 2.59. The van der Waals surface area contributed by atoms with Gasteiger partial charge in [-0.2, -0.15) is 0 Å². The van der Waals surface area contributed by atoms with E-state index >= 15 is 0 Å². The molecule has 0 saturated carbocycles. The topological polar surface area (TPSA) is 108 Å². The summed E-state index contributed by atoms with van der Waals surface area (Å²) in [6.07, 6.45) is 1.81. The van der Waals surface area contributed by atoms with Gasteiger partial charge in [-0.1, -0.05) is 19.4 Å². The highest BCUT2D eigenvalue weighted by Crippen LogP contribution is 2.26. The van der Waals surface area contributed by atoms with E-state index in [1.54, 1.807) is 37.4 Å². The van der Waals surface area contributed by atoms with Crippen molar-refractivity contribution in [2.75, 3.05) is 12.4 Å². The van der Waals surface area contributed by atoms with Gasteiger partial charge in [-0.15, -0.1) is 0 Å². The molecule has 5 N–H and O–H groups in total. The van der Waals surface area contributed by atoms with E-state index in [0.29, 0.717) is 22.6 Å². The molecule has 0 saturated heterocycles. The van der Waals surface area contributed by atoms with Gasteiger partial charge in [-0.3, -0.25) is 5.41 Å². The predicted octanol–water partition coefficient (Wildman–Crippen LogP) is 3.17. The second-order valence-corrected chi connectivity index (χ2v) is 5.77. The first kappa shape index (κ1) is 18.3. The number of anilines is 1. The summed E-state index contributed by atoms with van der Waals surface area (Å²) >= 11 is 0. The number of hydrogen-bond donors (Lipinski definition) is 4. The first-order valence-corrected chi connectivity index (χ1v) is 8.06. The van der Waals surface area contributed by atoms with Crippen molar-refractivity contribution < 1.29 is 14.6 Å². The van der Waals surface area contributed by atoms with Gasteiger partial charge in [-0.25, -0.2) is 4.79 Å². The number of carboxylic acid groups (broad SMARTS) is 1. The van der Waals surface area contributed by atoms with Gasteiger partial charge in [-0.05, 0) is 53.9 Å². The normalized spacial score (nSPS) is 11.6. The molecule has 0 aliphatic heterocycles. The van der Waals surface area contributed by atoms with E-state index in [9.17, 15) is 9.90 Å². The number of nitrogens with one attached hydrogen (secondary N) is 2. The van der Waals surface area contributed by atoms with Crippen LogP contribution in [0.25, 0.3) is 0 Å². The Hall–Kier alpha value is -3.02. The highest BCUT2D eigenvalue weighted by atomic mass is 16.5. The standard InChI is InChI=1S/C19H23N3O3/c1-3-4-12-9-14(11-16(10-12)25-2)17(19(23)24)22-15-7-5-13(6-8-15)18(20)21/h5-11,17,22H,3-4H2,1-2H3,(H3,20,21)(H,23,24). The van der Waals surface area contributed by atoms with Crippen molar-refractivity contribution in [3.63, 3.8) is 0 Å². The number of carbonyl (C=O) groups is 1. The van der Waals surface area contributed by atoms with Crippen LogP contribution in [0.15, 0.2) is 42.5 Å². The van der Waals surface area contributed by atoms with Gasteiger partial charge in [0.25, 0.3) is 0 Å². The number of hydrogen-bond acceptors (Lipinski definition) is 4. The number of carboxylic acids is 1. The molecule has 2 rings (SSSR count). The van der Waals surface area contributed by atoms with Crippen molar-refractivity contribution in [2.45, 2.75) is 25.8 Å². The largest absolute Gasteiger partial charge is 0.497 e. The van der Waals surface area contributed by atoms with Gasteiger partial charge in [0, 0.05) is 11.3 Å². The van der Waals surface area contributed by atoms with E-state index in [0.717, 1.165) is 18.4 Å². The van der Waals surface area contributed by atoms with Gasteiger partial charge in [0.2, 0.25) is 0 Å². The Bertz CT molecular complexity index is 757. The molecule has 6 nitrogen and oxygen atoms in total. The molecular weight excluding hydrogens is 318 g/mol. The lowest BCUT2D eigenvalue weighted by Gasteiger charge is -2.18. The number of rotatable bonds is 8. The molecule has 6 heteroatoms. The zero-order valence-corrected chi connectivity index (χ0v) is 14.4. The van der Waals surface area contributed by atoms with Crippen molar-refractivity contribution in [2.24, 2.45) is 5.73 Å². The summed E-state index contributed by atoms with van der Waals surface area (Å²) in [4.78, 5) is 11.8. The number of aryl methyl sites for hydroxylation is 1. The van der Waals surface area contributed by atoms with Crippen LogP contribution in [-0.2, 0) is 11.2 Å². The Labute approximate surface area is 147 Å². The lowest BCUT2D eigenvalue weighted by atomic mass is 10.0. The molecule has 2 aromatic carbocycles. The van der Waals surface area contributed by atoms with Crippen LogP contribution >= 0.6 is 0 Å². The fraction of sp³-hybridized carbons (Fsp3) is 0.263. The number of nitrogens with two attached hydrogens (primary N) is 1. The second-order valence-electron chi connectivity index (χ2n) is 5.77. The van der Waals surface area contributed by atoms with Gasteiger partial charge < -0.3 is 20.9 Å². The van der Waals surface area contributed by atoms with Crippen LogP contribution in [0.3, 0.4) is 0 Å². The Kier molecular flexibility index (Phi) is 6.00. The van der Waals surface area contributed by atoms with Crippen LogP contribution in [0.5, 0.6) is 5.75 Å². The average molecular weight is 341 g/mol. The number of ether oxygens (including phenoxy) is 1. The fourth-order valence-corrected chi connectivity index (χ4v) is 2.60. The molecule has 1 unspecified atom stereocenters. The summed E-state index contributed by atoms with van der Waals surface area (Å²) in [6, 6.07) is 11.4. The molecule has 25 heavy (non-hydrogen) atoms. The quantitative estimate of drug-likeness (QED) is 0.436. The first-order valence-electron chi connectivity index (χ1n) is 8.06. The Balaban J connectivity index is 2.32. The highest BCUT2D eigenvalue weighted by molar-refractivity contribution is 5.95. The van der Waals surface area contributed by atoms with E-state index in [-0.39, 0.29) is 5.84 Å². The van der Waals surface area contributed by atoms with Gasteiger partial charge >= 0.3 is 5.97 Å². The third kappa shape index (κ3) is 4.73. The molecule has 132 valence electrons. The van der Waals surface area contributed by atoms with E-state index < -0.39 is 12.0 Å². The SMILES string of the molecule is CCCc1cc(OC)cc(C(Nc2ccc(C(=N)N)cc2)C(=O)O)c1. The predicted molar refractivity (Wildman–Crippen MR) is 98.4 cm³/mol. The van der Waals surface area contributed by atoms with E-state index in [4.69, 9.17) is 15.9 Å². The molecule has 0 bridgehead atoms. The number of aliphatic carboxylic acids is 1. The van der Waals surface area contributed by atoms with Gasteiger partial charge in [0.15, 0.2) is 6.04 Å². The monoisotopic (exact) mass is 341 g/mol. The van der Waals surface area contributed by atoms with Crippen LogP contribution in [0.1, 0.15) is 36.1 Å². The minimum absolute atomic E-state index is 0.0293. The van der Waals surface area contributed by atoms with E-state index in [1.165, 1.54) is 0 Å². The second kappa shape index (κ2) is 8.19. The molecule has 0 radical (unpaired) electrons. The molecule has 0 heterocycles. The van der Waals surface area contributed by atoms with Crippen molar-refractivity contribution in [1.82, 2.24) is 0 Å². The molecule has 1 atom stereocenters. The minimum Gasteiger partial charge on any atom is -0.497 e. The van der Waals surface area contributed by atoms with Crippen molar-refractivity contribution in [3.05, 3.63) is 59.2 Å². The van der Waals surface area contributed by atoms with Crippen molar-refractivity contribution in [1.29, 1.82) is 5.41 Å². The van der Waals surface area contributed by atoms with E-state index in [1.807, 2.05) is 12.1 Å². The molecule has 0 aliphatic carbocycles. The van der Waals surface area contributed by atoms with Gasteiger partial charge in [0.1, 0.15) is 11.6 Å². The zero-order chi connectivity index (χ0) is 18.4. The first-order chi connectivity index (χ1) is 11.9. The molecular formula is C19H23N3O3. The lowest BCUT2D eigenvalue weighted by molar-refractivity contribution is -0.138. The number of nitrogen functional groups attached to an aromatic ring is 1. The smallest absolute Gasteiger partial charge is 0.330 e. The van der Waals surface area contributed by atoms with Crippen molar-refractivity contribution in [3.8, 4) is 5.75 Å². The lowest BCUT2D eigenvalue weighted by Crippen LogP contribution is -2.21. The minimum atomic E-state index is -0.980. The Morgan fingerprint density at radius 2 is 1.96 bits per heavy atom. The molecule has 0 amide bonds. The van der Waals surface area contributed by atoms with Crippen LogP contribution in [-0.4, -0.2) is 24.0 Å². The molecule has 0 spiro atoms. The maximum absolute atomic E-state index is 11.8. The zero-order valence-electron chi connectivity index (χ0n) is 14.4. The Morgan fingerprint density at radius 3 is 2.48 bits per heavy atom. The third-order valence-electron chi connectivity index (χ3n) is 3.85. The molecule has 0 aromatic heterocycles. The summed E-state index contributed by atoms with van der Waals surface area (Å²) in [5.74, 6) is -0.370. The Morgan fingerprint density at radius 1 is 1.28 bits per heavy atom. The number of benzene rings is 2. The summed E-state index contributed by atoms with van der Waals surface area (Å²) in [6.45, 7) is 2.07. The maximum Gasteiger partial charge on any atom is 0.330 e. The van der Waals surface area contributed by atoms with Crippen LogP contribution < -0.4 is 15.8 Å². The van der Waals surface area contributed by atoms with Crippen molar-refractivity contribution >= 4 is 17.5 Å². The number of methoxy groups -OCH3 is 1. The van der Waals surface area contributed by atoms with Crippen LogP contribution in [0, 0.1) is 5.41 Å². The third-order valence-corrected chi connectivity index (χ3v) is 3.85. The van der Waals surface area contributed by atoms with Crippen LogP contribution in [0.4, 0.5) is 5.69 Å². The van der Waals surface area contributed by atoms with Crippen LogP contribution in [0.2, 0.25) is 0 Å². The summed E-state index contributed by atoms with van der Waals surface area (Å²) in [5.41, 5.74) is 8.33. The molecule has 2 aromatic rings. The maximum atomic E-state index is 11.8. The van der Waals surface area contributed by atoms with E-state index in [2.05, 4.69) is 12.2 Å².